The van der Waals surface area contributed by atoms with E-state index in [1.807, 2.05) is 0 Å². The number of nitrogens with one attached hydrogen (secondary N) is 1. The lowest BCUT2D eigenvalue weighted by Gasteiger charge is -2.36. The van der Waals surface area contributed by atoms with Gasteiger partial charge in [0, 0.05) is 6.04 Å². The van der Waals surface area contributed by atoms with Gasteiger partial charge in [0.1, 0.15) is 11.6 Å². The molecular formula is C11H19F3N2O2. The van der Waals surface area contributed by atoms with Crippen LogP contribution in [0.25, 0.3) is 0 Å². The molecule has 7 heteroatoms. The second kappa shape index (κ2) is 5.34. The molecule has 4 nitrogen and oxygen atoms in total. The molecule has 0 bridgehead atoms. The Balaban J connectivity index is 2.42. The van der Waals surface area contributed by atoms with Crippen LogP contribution in [0.5, 0.6) is 0 Å². The van der Waals surface area contributed by atoms with Gasteiger partial charge >= 0.3 is 12.3 Å². The molecular weight excluding hydrogens is 249 g/mol. The molecule has 0 atom stereocenters. The van der Waals surface area contributed by atoms with Crippen LogP contribution in [-0.2, 0) is 4.74 Å². The third-order valence-corrected chi connectivity index (χ3v) is 3.23. The molecule has 1 amide bonds. The van der Waals surface area contributed by atoms with Gasteiger partial charge in [0.15, 0.2) is 0 Å². The molecule has 1 rings (SSSR count). The number of carbonyl (C=O) groups is 1. The van der Waals surface area contributed by atoms with Gasteiger partial charge in [-0.25, -0.2) is 4.79 Å². The Labute approximate surface area is 104 Å². The molecule has 0 radical (unpaired) electrons. The summed E-state index contributed by atoms with van der Waals surface area (Å²) in [6.07, 6.45) is -3.23. The second-order valence-corrected chi connectivity index (χ2v) is 5.18. The molecule has 3 N–H and O–H groups in total. The third-order valence-electron chi connectivity index (χ3n) is 3.23. The van der Waals surface area contributed by atoms with E-state index in [-0.39, 0.29) is 12.1 Å². The monoisotopic (exact) mass is 268 g/mol. The molecule has 0 aliphatic heterocycles. The fraction of sp³-hybridized carbons (Fsp3) is 0.909. The zero-order valence-electron chi connectivity index (χ0n) is 10.5. The highest BCUT2D eigenvalue weighted by Crippen LogP contribution is 2.32. The molecule has 0 unspecified atom stereocenters. The molecule has 0 spiro atoms. The number of rotatable bonds is 3. The van der Waals surface area contributed by atoms with Crippen molar-refractivity contribution in [1.82, 2.24) is 5.32 Å². The lowest BCUT2D eigenvalue weighted by atomic mass is 9.90. The van der Waals surface area contributed by atoms with Crippen molar-refractivity contribution in [3.05, 3.63) is 0 Å². The van der Waals surface area contributed by atoms with Gasteiger partial charge < -0.3 is 15.8 Å². The van der Waals surface area contributed by atoms with Gasteiger partial charge in [-0.1, -0.05) is 0 Å². The van der Waals surface area contributed by atoms with Gasteiger partial charge in [-0.2, -0.15) is 13.2 Å². The summed E-state index contributed by atoms with van der Waals surface area (Å²) in [5.41, 5.74) is 2.98. The van der Waals surface area contributed by atoms with E-state index in [1.54, 1.807) is 0 Å². The van der Waals surface area contributed by atoms with Gasteiger partial charge in [-0.3, -0.25) is 0 Å². The van der Waals surface area contributed by atoms with Gasteiger partial charge in [-0.15, -0.1) is 0 Å². The minimum atomic E-state index is -4.28. The molecule has 0 aromatic heterocycles. The molecule has 1 aliphatic rings. The molecule has 0 aromatic carbocycles. The van der Waals surface area contributed by atoms with Gasteiger partial charge in [0.2, 0.25) is 0 Å². The molecule has 1 aliphatic carbocycles. The molecule has 0 saturated heterocycles. The molecule has 1 saturated carbocycles. The molecule has 0 heterocycles. The number of nitrogens with two attached hydrogens (primary N) is 1. The summed E-state index contributed by atoms with van der Waals surface area (Å²) in [5.74, 6) is 0. The topological polar surface area (TPSA) is 64.3 Å². The van der Waals surface area contributed by atoms with Crippen LogP contribution >= 0.6 is 0 Å². The number of carbonyl (C=O) groups excluding carboxylic acids is 1. The second-order valence-electron chi connectivity index (χ2n) is 5.18. The van der Waals surface area contributed by atoms with E-state index in [9.17, 15) is 18.0 Å². The number of alkyl halides is 3. The van der Waals surface area contributed by atoms with Crippen molar-refractivity contribution in [3.8, 4) is 0 Å². The summed E-state index contributed by atoms with van der Waals surface area (Å²) < 4.78 is 42.9. The van der Waals surface area contributed by atoms with E-state index in [2.05, 4.69) is 5.32 Å². The van der Waals surface area contributed by atoms with E-state index < -0.39 is 17.8 Å². The van der Waals surface area contributed by atoms with Crippen LogP contribution in [0.3, 0.4) is 0 Å². The Hall–Kier alpha value is -0.980. The van der Waals surface area contributed by atoms with Crippen molar-refractivity contribution in [2.45, 2.75) is 63.4 Å². The Morgan fingerprint density at radius 2 is 1.72 bits per heavy atom. The average molecular weight is 268 g/mol. The van der Waals surface area contributed by atoms with Crippen molar-refractivity contribution in [3.63, 3.8) is 0 Å². The highest BCUT2D eigenvalue weighted by atomic mass is 19.4. The fourth-order valence-electron chi connectivity index (χ4n) is 2.08. The van der Waals surface area contributed by atoms with Crippen LogP contribution in [0, 0.1) is 0 Å². The van der Waals surface area contributed by atoms with Crippen molar-refractivity contribution in [2.24, 2.45) is 5.73 Å². The van der Waals surface area contributed by atoms with Gasteiger partial charge in [0.05, 0.1) is 0 Å². The van der Waals surface area contributed by atoms with Crippen molar-refractivity contribution >= 4 is 6.09 Å². The summed E-state index contributed by atoms with van der Waals surface area (Å²) in [4.78, 5) is 10.5. The minimum Gasteiger partial charge on any atom is -0.446 e. The van der Waals surface area contributed by atoms with E-state index >= 15 is 0 Å². The number of ether oxygens (including phenoxy) is 1. The maximum Gasteiger partial charge on any atom is 0.406 e. The van der Waals surface area contributed by atoms with E-state index in [0.717, 1.165) is 13.8 Å². The quantitative estimate of drug-likeness (QED) is 0.825. The molecule has 0 aromatic rings. The first-order valence-electron chi connectivity index (χ1n) is 5.92. The average Bonchev–Trinajstić information content (AvgIpc) is 2.18. The van der Waals surface area contributed by atoms with Crippen LogP contribution in [0.15, 0.2) is 0 Å². The Morgan fingerprint density at radius 1 is 1.22 bits per heavy atom. The summed E-state index contributed by atoms with van der Waals surface area (Å²) in [5, 5.41) is 2.61. The maximum atomic E-state index is 12.7. The smallest absolute Gasteiger partial charge is 0.406 e. The maximum absolute atomic E-state index is 12.7. The number of primary amides is 1. The van der Waals surface area contributed by atoms with Crippen LogP contribution in [-0.4, -0.2) is 30.0 Å². The first-order valence-corrected chi connectivity index (χ1v) is 5.92. The SMILES string of the molecule is CC(C)(NC1CCC(OC(N)=O)CC1)C(F)(F)F. The number of halogens is 3. The normalized spacial score (nSPS) is 25.8. The molecule has 106 valence electrons. The number of hydrogen-bond acceptors (Lipinski definition) is 3. The Morgan fingerprint density at radius 3 is 2.11 bits per heavy atom. The summed E-state index contributed by atoms with van der Waals surface area (Å²) in [6.45, 7) is 2.25. The summed E-state index contributed by atoms with van der Waals surface area (Å²) >= 11 is 0. The van der Waals surface area contributed by atoms with E-state index in [4.69, 9.17) is 10.5 Å². The first kappa shape index (κ1) is 15.1. The highest BCUT2D eigenvalue weighted by Gasteiger charge is 2.48. The van der Waals surface area contributed by atoms with Crippen molar-refractivity contribution < 1.29 is 22.7 Å². The minimum absolute atomic E-state index is 0.214. The lowest BCUT2D eigenvalue weighted by Crippen LogP contribution is -2.56. The van der Waals surface area contributed by atoms with Crippen molar-refractivity contribution in [2.75, 3.05) is 0 Å². The third kappa shape index (κ3) is 4.04. The van der Waals surface area contributed by atoms with Crippen LogP contribution in [0.2, 0.25) is 0 Å². The Kier molecular flexibility index (Phi) is 4.47. The van der Waals surface area contributed by atoms with Gasteiger partial charge in [-0.05, 0) is 39.5 Å². The van der Waals surface area contributed by atoms with Crippen LogP contribution < -0.4 is 11.1 Å². The molecule has 18 heavy (non-hydrogen) atoms. The first-order chi connectivity index (χ1) is 8.12. The zero-order valence-corrected chi connectivity index (χ0v) is 10.5. The van der Waals surface area contributed by atoms with Crippen LogP contribution in [0.4, 0.5) is 18.0 Å². The lowest BCUT2D eigenvalue weighted by molar-refractivity contribution is -0.189. The predicted octanol–water partition coefficient (Wildman–Crippen LogP) is 2.32. The summed E-state index contributed by atoms with van der Waals surface area (Å²) in [6, 6.07) is -0.214. The summed E-state index contributed by atoms with van der Waals surface area (Å²) in [7, 11) is 0. The Bertz CT molecular complexity index is 297. The number of hydrogen-bond donors (Lipinski definition) is 2. The molecule has 1 fully saturated rings. The highest BCUT2D eigenvalue weighted by molar-refractivity contribution is 5.64. The van der Waals surface area contributed by atoms with E-state index in [0.29, 0.717) is 25.7 Å². The van der Waals surface area contributed by atoms with Gasteiger partial charge in [0.25, 0.3) is 0 Å². The predicted molar refractivity (Wildman–Crippen MR) is 60.0 cm³/mol. The van der Waals surface area contributed by atoms with Crippen LogP contribution in [0.1, 0.15) is 39.5 Å². The van der Waals surface area contributed by atoms with E-state index in [1.165, 1.54) is 0 Å². The van der Waals surface area contributed by atoms with Crippen molar-refractivity contribution in [1.29, 1.82) is 0 Å². The standard InChI is InChI=1S/C11H19F3N2O2/c1-10(2,11(12,13)14)16-7-3-5-8(6-4-7)18-9(15)17/h7-8,16H,3-6H2,1-2H3,(H2,15,17). The largest absolute Gasteiger partial charge is 0.446 e. The fourth-order valence-corrected chi connectivity index (χ4v) is 2.08. The zero-order chi connectivity index (χ0) is 14.0. The number of amides is 1.